The number of likely N-dealkylation sites (tertiary alicyclic amines) is 2. The van der Waals surface area contributed by atoms with Crippen LogP contribution in [-0.2, 0) is 23.2 Å². The molecule has 2 aliphatic rings. The number of nitrogens with one attached hydrogen (secondary N) is 1. The van der Waals surface area contributed by atoms with Crippen LogP contribution in [0.1, 0.15) is 49.1 Å². The molecule has 5 rings (SSSR count). The maximum absolute atomic E-state index is 13.4. The van der Waals surface area contributed by atoms with E-state index in [0.717, 1.165) is 48.1 Å². The van der Waals surface area contributed by atoms with Crippen LogP contribution in [0.5, 0.6) is 0 Å². The molecule has 0 saturated carbocycles. The molecule has 10 nitrogen and oxygen atoms in total. The van der Waals surface area contributed by atoms with Crippen molar-refractivity contribution in [2.45, 2.75) is 62.9 Å². The molecule has 0 spiro atoms. The van der Waals surface area contributed by atoms with Gasteiger partial charge in [-0.05, 0) is 54.9 Å². The zero-order valence-corrected chi connectivity index (χ0v) is 21.9. The minimum atomic E-state index is -1.03. The van der Waals surface area contributed by atoms with Crippen molar-refractivity contribution < 1.29 is 14.7 Å². The van der Waals surface area contributed by atoms with Crippen molar-refractivity contribution in [2.75, 3.05) is 19.6 Å². The smallest absolute Gasteiger partial charge is 0.237 e. The quantitative estimate of drug-likeness (QED) is 0.391. The number of aryl methyl sites for hydroxylation is 1. The second kappa shape index (κ2) is 11.6. The third-order valence-corrected chi connectivity index (χ3v) is 7.93. The average Bonchev–Trinajstić information content (AvgIpc) is 3.71. The molecule has 202 valence electrons. The van der Waals surface area contributed by atoms with Gasteiger partial charge in [0.1, 0.15) is 11.7 Å². The molecule has 10 heteroatoms. The Kier molecular flexibility index (Phi) is 8.01. The molecule has 2 fully saturated rings. The standard InChI is InChI=1S/C28H37N7O3/c1-33-24-11-9-19(15-23(24)31-32-33)17-30-27(37)25-16-21(20-7-3-2-4-8-20)18-35(25)28(38)22(29)10-12-26(36)34-13-5-6-14-34/h2-4,7-9,11,15,21-22,25,28,38H,5-6,10,12-14,16-18,29H2,1H3,(H,30,37). The number of hydrogen-bond acceptors (Lipinski definition) is 7. The van der Waals surface area contributed by atoms with Gasteiger partial charge < -0.3 is 21.1 Å². The summed E-state index contributed by atoms with van der Waals surface area (Å²) in [5, 5.41) is 22.5. The number of aliphatic hydroxyl groups excluding tert-OH is 1. The number of aliphatic hydroxyl groups is 1. The monoisotopic (exact) mass is 519 g/mol. The molecule has 0 radical (unpaired) electrons. The van der Waals surface area contributed by atoms with Crippen molar-refractivity contribution in [3.63, 3.8) is 0 Å². The SMILES string of the molecule is Cn1nnc2cc(CNC(=O)C3CC(c4ccccc4)CN3C(O)C(N)CCC(=O)N3CCCC3)ccc21. The Morgan fingerprint density at radius 1 is 1.16 bits per heavy atom. The van der Waals surface area contributed by atoms with E-state index >= 15 is 0 Å². The van der Waals surface area contributed by atoms with Gasteiger partial charge in [-0.25, -0.2) is 4.68 Å². The highest BCUT2D eigenvalue weighted by Gasteiger charge is 2.42. The van der Waals surface area contributed by atoms with E-state index in [1.54, 1.807) is 4.68 Å². The largest absolute Gasteiger partial charge is 0.377 e. The molecule has 3 heterocycles. The van der Waals surface area contributed by atoms with Gasteiger partial charge >= 0.3 is 0 Å². The number of fused-ring (bicyclic) bond motifs is 1. The van der Waals surface area contributed by atoms with Crippen LogP contribution in [0, 0.1) is 0 Å². The van der Waals surface area contributed by atoms with Crippen molar-refractivity contribution in [3.8, 4) is 0 Å². The maximum atomic E-state index is 13.4. The van der Waals surface area contributed by atoms with Crippen LogP contribution >= 0.6 is 0 Å². The van der Waals surface area contributed by atoms with Gasteiger partial charge in [0.15, 0.2) is 0 Å². The molecule has 2 saturated heterocycles. The number of nitrogens with two attached hydrogens (primary N) is 1. The third-order valence-electron chi connectivity index (χ3n) is 7.93. The highest BCUT2D eigenvalue weighted by Crippen LogP contribution is 2.33. The number of aromatic nitrogens is 3. The summed E-state index contributed by atoms with van der Waals surface area (Å²) < 4.78 is 1.71. The molecule has 1 aromatic heterocycles. The van der Waals surface area contributed by atoms with Gasteiger partial charge in [0.25, 0.3) is 0 Å². The zero-order chi connectivity index (χ0) is 26.6. The normalized spacial score (nSPS) is 21.6. The maximum Gasteiger partial charge on any atom is 0.237 e. The van der Waals surface area contributed by atoms with Crippen LogP contribution in [0.25, 0.3) is 11.0 Å². The van der Waals surface area contributed by atoms with Crippen molar-refractivity contribution in [2.24, 2.45) is 12.8 Å². The first-order valence-corrected chi connectivity index (χ1v) is 13.5. The van der Waals surface area contributed by atoms with Gasteiger partial charge in [-0.15, -0.1) is 5.10 Å². The summed E-state index contributed by atoms with van der Waals surface area (Å²) in [6, 6.07) is 14.7. The molecule has 38 heavy (non-hydrogen) atoms. The van der Waals surface area contributed by atoms with Gasteiger partial charge in [-0.2, -0.15) is 0 Å². The summed E-state index contributed by atoms with van der Waals surface area (Å²) in [7, 11) is 1.84. The van der Waals surface area contributed by atoms with E-state index < -0.39 is 18.3 Å². The number of hydrogen-bond donors (Lipinski definition) is 3. The lowest BCUT2D eigenvalue weighted by atomic mass is 9.96. The topological polar surface area (TPSA) is 130 Å². The Morgan fingerprint density at radius 2 is 1.92 bits per heavy atom. The zero-order valence-electron chi connectivity index (χ0n) is 21.9. The van der Waals surface area contributed by atoms with E-state index in [4.69, 9.17) is 5.73 Å². The first-order valence-electron chi connectivity index (χ1n) is 13.5. The van der Waals surface area contributed by atoms with Crippen molar-refractivity contribution >= 4 is 22.8 Å². The Balaban J connectivity index is 1.25. The fraction of sp³-hybridized carbons (Fsp3) is 0.500. The van der Waals surface area contributed by atoms with Crippen molar-refractivity contribution in [1.29, 1.82) is 0 Å². The second-order valence-electron chi connectivity index (χ2n) is 10.5. The van der Waals surface area contributed by atoms with Crippen LogP contribution < -0.4 is 11.1 Å². The molecule has 0 bridgehead atoms. The molecular formula is C28H37N7O3. The lowest BCUT2D eigenvalue weighted by Crippen LogP contribution is -2.54. The predicted molar refractivity (Wildman–Crippen MR) is 144 cm³/mol. The predicted octanol–water partition coefficient (Wildman–Crippen LogP) is 1.49. The number of amides is 2. The fourth-order valence-electron chi connectivity index (χ4n) is 5.69. The van der Waals surface area contributed by atoms with Crippen molar-refractivity contribution in [1.82, 2.24) is 30.1 Å². The van der Waals surface area contributed by atoms with E-state index in [9.17, 15) is 14.7 Å². The van der Waals surface area contributed by atoms with E-state index in [2.05, 4.69) is 27.8 Å². The fourth-order valence-corrected chi connectivity index (χ4v) is 5.69. The number of rotatable bonds is 9. The van der Waals surface area contributed by atoms with Gasteiger partial charge in [-0.1, -0.05) is 41.6 Å². The number of benzene rings is 2. The first-order chi connectivity index (χ1) is 18.4. The highest BCUT2D eigenvalue weighted by atomic mass is 16.3. The van der Waals surface area contributed by atoms with E-state index in [1.807, 2.05) is 53.2 Å². The Bertz CT molecular complexity index is 1260. The van der Waals surface area contributed by atoms with Gasteiger partial charge in [0.2, 0.25) is 11.8 Å². The lowest BCUT2D eigenvalue weighted by Gasteiger charge is -2.32. The Hall–Kier alpha value is -3.34. The summed E-state index contributed by atoms with van der Waals surface area (Å²) >= 11 is 0. The molecule has 3 aromatic rings. The molecule has 4 N–H and O–H groups in total. The van der Waals surface area contributed by atoms with Crippen LogP contribution in [0.15, 0.2) is 48.5 Å². The molecule has 4 unspecified atom stereocenters. The summed E-state index contributed by atoms with van der Waals surface area (Å²) in [5.74, 6) is 0.0288. The van der Waals surface area contributed by atoms with Crippen LogP contribution in [0.3, 0.4) is 0 Å². The van der Waals surface area contributed by atoms with Crippen LogP contribution in [-0.4, -0.2) is 79.7 Å². The first kappa shape index (κ1) is 26.3. The summed E-state index contributed by atoms with van der Waals surface area (Å²) in [5.41, 5.74) is 10.2. The summed E-state index contributed by atoms with van der Waals surface area (Å²) in [4.78, 5) is 29.6. The van der Waals surface area contributed by atoms with Gasteiger partial charge in [0, 0.05) is 45.7 Å². The van der Waals surface area contributed by atoms with Gasteiger partial charge in [0.05, 0.1) is 11.6 Å². The third kappa shape index (κ3) is 5.72. The Labute approximate surface area is 222 Å². The highest BCUT2D eigenvalue weighted by molar-refractivity contribution is 5.82. The second-order valence-corrected chi connectivity index (χ2v) is 10.5. The summed E-state index contributed by atoms with van der Waals surface area (Å²) in [6.07, 6.45) is 2.31. The Morgan fingerprint density at radius 3 is 2.68 bits per heavy atom. The molecule has 2 amide bonds. The lowest BCUT2D eigenvalue weighted by molar-refractivity contribution is -0.132. The van der Waals surface area contributed by atoms with Crippen molar-refractivity contribution in [3.05, 3.63) is 59.7 Å². The van der Waals surface area contributed by atoms with E-state index in [-0.39, 0.29) is 17.7 Å². The van der Waals surface area contributed by atoms with Gasteiger partial charge in [-0.3, -0.25) is 14.5 Å². The molecular weight excluding hydrogens is 482 g/mol. The van der Waals surface area contributed by atoms with Crippen LogP contribution in [0.4, 0.5) is 0 Å². The molecule has 2 aromatic carbocycles. The molecule has 2 aliphatic heterocycles. The number of carbonyl (C=O) groups excluding carboxylic acids is 2. The van der Waals surface area contributed by atoms with Crippen LogP contribution in [0.2, 0.25) is 0 Å². The summed E-state index contributed by atoms with van der Waals surface area (Å²) in [6.45, 7) is 2.46. The number of nitrogens with zero attached hydrogens (tertiary/aromatic N) is 5. The number of carbonyl (C=O) groups is 2. The molecule has 4 atom stereocenters. The van der Waals surface area contributed by atoms with E-state index in [0.29, 0.717) is 32.4 Å². The minimum Gasteiger partial charge on any atom is -0.377 e. The van der Waals surface area contributed by atoms with E-state index in [1.165, 1.54) is 0 Å². The molecule has 0 aliphatic carbocycles. The average molecular weight is 520 g/mol. The minimum absolute atomic E-state index is 0.0862.